The summed E-state index contributed by atoms with van der Waals surface area (Å²) in [6.45, 7) is 8.82. The Balaban J connectivity index is 2.90. The van der Waals surface area contributed by atoms with Crippen LogP contribution < -0.4 is 0 Å². The predicted octanol–water partition coefficient (Wildman–Crippen LogP) is 1.94. The maximum Gasteiger partial charge on any atom is 0.391 e. The molecule has 1 aliphatic rings. The van der Waals surface area contributed by atoms with Gasteiger partial charge in [0, 0.05) is 12.3 Å². The standard InChI is InChI=1S/C9H13NO2/c1-7-5-3-4-6-9(7,10-2)8(11)12/h7H,3-6H2,1H3,(H,11,12). The second kappa shape index (κ2) is 3.14. The van der Waals surface area contributed by atoms with Gasteiger partial charge in [-0.05, 0) is 12.8 Å². The number of rotatable bonds is 1. The Morgan fingerprint density at radius 1 is 1.67 bits per heavy atom. The second-order valence-corrected chi connectivity index (χ2v) is 3.49. The van der Waals surface area contributed by atoms with E-state index in [1.807, 2.05) is 6.92 Å². The molecule has 0 aliphatic heterocycles. The molecule has 0 radical (unpaired) electrons. The first kappa shape index (κ1) is 9.05. The molecule has 1 fully saturated rings. The van der Waals surface area contributed by atoms with E-state index in [9.17, 15) is 4.79 Å². The molecule has 2 atom stereocenters. The maximum atomic E-state index is 10.9. The van der Waals surface area contributed by atoms with Crippen LogP contribution in [-0.4, -0.2) is 16.6 Å². The van der Waals surface area contributed by atoms with Crippen molar-refractivity contribution in [1.82, 2.24) is 0 Å². The first-order valence-corrected chi connectivity index (χ1v) is 4.25. The molecule has 66 valence electrons. The highest BCUT2D eigenvalue weighted by Crippen LogP contribution is 2.36. The van der Waals surface area contributed by atoms with Crippen LogP contribution in [0.2, 0.25) is 0 Å². The first-order chi connectivity index (χ1) is 5.63. The Kier molecular flexibility index (Phi) is 2.37. The lowest BCUT2D eigenvalue weighted by atomic mass is 9.74. The Bertz CT molecular complexity index is 231. The monoisotopic (exact) mass is 167 g/mol. The molecule has 0 saturated heterocycles. The SMILES string of the molecule is [C-]#[N+]C1(C(=O)O)CCCCC1C. The van der Waals surface area contributed by atoms with Gasteiger partial charge in [0.2, 0.25) is 0 Å². The predicted molar refractivity (Wildman–Crippen MR) is 44.6 cm³/mol. The number of nitrogens with zero attached hydrogens (tertiary/aromatic N) is 1. The molecule has 1 aliphatic carbocycles. The van der Waals surface area contributed by atoms with E-state index in [0.29, 0.717) is 6.42 Å². The van der Waals surface area contributed by atoms with Crippen LogP contribution in [-0.2, 0) is 4.79 Å². The Hall–Kier alpha value is -1.04. The van der Waals surface area contributed by atoms with Gasteiger partial charge in [-0.3, -0.25) is 4.85 Å². The third kappa shape index (κ3) is 1.18. The lowest BCUT2D eigenvalue weighted by Gasteiger charge is -2.28. The van der Waals surface area contributed by atoms with Gasteiger partial charge in [0.1, 0.15) is 0 Å². The van der Waals surface area contributed by atoms with Gasteiger partial charge in [0.15, 0.2) is 0 Å². The molecule has 0 bridgehead atoms. The molecule has 0 aromatic carbocycles. The first-order valence-electron chi connectivity index (χ1n) is 4.25. The van der Waals surface area contributed by atoms with Gasteiger partial charge in [-0.2, -0.15) is 0 Å². The molecule has 1 saturated carbocycles. The summed E-state index contributed by atoms with van der Waals surface area (Å²) in [6, 6.07) is 0. The lowest BCUT2D eigenvalue weighted by molar-refractivity contribution is -0.144. The fourth-order valence-corrected chi connectivity index (χ4v) is 1.86. The number of carboxylic acid groups (broad SMARTS) is 1. The highest BCUT2D eigenvalue weighted by molar-refractivity contribution is 5.81. The Morgan fingerprint density at radius 3 is 2.67 bits per heavy atom. The summed E-state index contributed by atoms with van der Waals surface area (Å²) in [5.41, 5.74) is -1.11. The molecular formula is C9H13NO2. The second-order valence-electron chi connectivity index (χ2n) is 3.49. The number of carbonyl (C=O) groups is 1. The van der Waals surface area contributed by atoms with Gasteiger partial charge in [-0.15, -0.1) is 0 Å². The van der Waals surface area contributed by atoms with Crippen LogP contribution in [0.25, 0.3) is 4.85 Å². The molecule has 2 unspecified atom stereocenters. The van der Waals surface area contributed by atoms with Crippen molar-refractivity contribution < 1.29 is 9.90 Å². The van der Waals surface area contributed by atoms with Crippen molar-refractivity contribution in [1.29, 1.82) is 0 Å². The summed E-state index contributed by atoms with van der Waals surface area (Å²) < 4.78 is 0. The van der Waals surface area contributed by atoms with Crippen LogP contribution in [0.1, 0.15) is 32.6 Å². The summed E-state index contributed by atoms with van der Waals surface area (Å²) in [5.74, 6) is -0.939. The molecule has 12 heavy (non-hydrogen) atoms. The average Bonchev–Trinajstić information content (AvgIpc) is 2.05. The molecule has 3 heteroatoms. The molecular weight excluding hydrogens is 154 g/mol. The zero-order valence-corrected chi connectivity index (χ0v) is 7.21. The van der Waals surface area contributed by atoms with Crippen LogP contribution in [0.5, 0.6) is 0 Å². The highest BCUT2D eigenvalue weighted by atomic mass is 16.4. The lowest BCUT2D eigenvalue weighted by Crippen LogP contribution is -2.43. The minimum absolute atomic E-state index is 0.00116. The zero-order valence-electron chi connectivity index (χ0n) is 7.21. The van der Waals surface area contributed by atoms with Gasteiger partial charge in [-0.25, -0.2) is 11.4 Å². The van der Waals surface area contributed by atoms with Crippen LogP contribution in [0.4, 0.5) is 0 Å². The average molecular weight is 167 g/mol. The van der Waals surface area contributed by atoms with Crippen LogP contribution in [0.3, 0.4) is 0 Å². The fourth-order valence-electron chi connectivity index (χ4n) is 1.86. The minimum Gasteiger partial charge on any atom is -0.475 e. The van der Waals surface area contributed by atoms with Gasteiger partial charge < -0.3 is 5.11 Å². The fraction of sp³-hybridized carbons (Fsp3) is 0.778. The van der Waals surface area contributed by atoms with E-state index in [1.165, 1.54) is 0 Å². The largest absolute Gasteiger partial charge is 0.475 e. The van der Waals surface area contributed by atoms with Crippen molar-refractivity contribution in [3.05, 3.63) is 11.4 Å². The molecule has 0 spiro atoms. The zero-order chi connectivity index (χ0) is 9.19. The van der Waals surface area contributed by atoms with Gasteiger partial charge in [0.25, 0.3) is 0 Å². The van der Waals surface area contributed by atoms with Crippen molar-refractivity contribution >= 4 is 5.97 Å². The van der Waals surface area contributed by atoms with Crippen molar-refractivity contribution in [2.75, 3.05) is 0 Å². The number of hydrogen-bond donors (Lipinski definition) is 1. The maximum absolute atomic E-state index is 10.9. The normalized spacial score (nSPS) is 35.5. The Morgan fingerprint density at radius 2 is 2.33 bits per heavy atom. The van der Waals surface area contributed by atoms with Crippen molar-refractivity contribution in [3.8, 4) is 0 Å². The number of carboxylic acids is 1. The highest BCUT2D eigenvalue weighted by Gasteiger charge is 2.52. The topological polar surface area (TPSA) is 41.7 Å². The van der Waals surface area contributed by atoms with E-state index >= 15 is 0 Å². The van der Waals surface area contributed by atoms with Gasteiger partial charge in [0.05, 0.1) is 0 Å². The van der Waals surface area contributed by atoms with Gasteiger partial charge >= 0.3 is 11.5 Å². The van der Waals surface area contributed by atoms with E-state index < -0.39 is 11.5 Å². The molecule has 3 nitrogen and oxygen atoms in total. The quantitative estimate of drug-likeness (QED) is 0.606. The molecule has 1 rings (SSSR count). The molecule has 0 heterocycles. The van der Waals surface area contributed by atoms with Crippen LogP contribution in [0, 0.1) is 12.5 Å². The van der Waals surface area contributed by atoms with Crippen LogP contribution >= 0.6 is 0 Å². The van der Waals surface area contributed by atoms with E-state index in [1.54, 1.807) is 0 Å². The van der Waals surface area contributed by atoms with E-state index in [2.05, 4.69) is 4.85 Å². The van der Waals surface area contributed by atoms with Crippen molar-refractivity contribution in [3.63, 3.8) is 0 Å². The van der Waals surface area contributed by atoms with Crippen molar-refractivity contribution in [2.24, 2.45) is 5.92 Å². The minimum atomic E-state index is -1.11. The molecule has 0 aromatic heterocycles. The summed E-state index contributed by atoms with van der Waals surface area (Å²) in [6.07, 6.45) is 3.33. The van der Waals surface area contributed by atoms with E-state index in [0.717, 1.165) is 19.3 Å². The van der Waals surface area contributed by atoms with E-state index in [4.69, 9.17) is 11.7 Å². The molecule has 0 aromatic rings. The smallest absolute Gasteiger partial charge is 0.391 e. The van der Waals surface area contributed by atoms with Crippen molar-refractivity contribution in [2.45, 2.75) is 38.1 Å². The summed E-state index contributed by atoms with van der Waals surface area (Å²) in [7, 11) is 0. The number of hydrogen-bond acceptors (Lipinski definition) is 1. The summed E-state index contributed by atoms with van der Waals surface area (Å²) in [4.78, 5) is 14.2. The Labute approximate surface area is 72.2 Å². The summed E-state index contributed by atoms with van der Waals surface area (Å²) in [5, 5.41) is 8.95. The van der Waals surface area contributed by atoms with Gasteiger partial charge in [-0.1, -0.05) is 13.3 Å². The number of aliphatic carboxylic acids is 1. The molecule has 1 N–H and O–H groups in total. The summed E-state index contributed by atoms with van der Waals surface area (Å²) >= 11 is 0. The van der Waals surface area contributed by atoms with E-state index in [-0.39, 0.29) is 5.92 Å². The third-order valence-electron chi connectivity index (χ3n) is 2.83. The van der Waals surface area contributed by atoms with Crippen LogP contribution in [0.15, 0.2) is 0 Å². The molecule has 0 amide bonds. The third-order valence-corrected chi connectivity index (χ3v) is 2.83.